The summed E-state index contributed by atoms with van der Waals surface area (Å²) in [6, 6.07) is 8.15. The van der Waals surface area contributed by atoms with Crippen LogP contribution in [0.25, 0.3) is 11.0 Å². The van der Waals surface area contributed by atoms with Gasteiger partial charge in [-0.25, -0.2) is 4.98 Å². The topological polar surface area (TPSA) is 28.7 Å². The Hall–Kier alpha value is -1.31. The van der Waals surface area contributed by atoms with Crippen molar-refractivity contribution in [2.24, 2.45) is 5.41 Å². The van der Waals surface area contributed by atoms with Crippen LogP contribution in [0.1, 0.15) is 40.4 Å². The molecule has 88 valence electrons. The predicted octanol–water partition coefficient (Wildman–Crippen LogP) is 4.18. The van der Waals surface area contributed by atoms with Gasteiger partial charge in [0.25, 0.3) is 0 Å². The van der Waals surface area contributed by atoms with E-state index in [0.29, 0.717) is 0 Å². The van der Waals surface area contributed by atoms with Gasteiger partial charge < -0.3 is 4.98 Å². The number of nitrogens with one attached hydrogen (secondary N) is 1. The van der Waals surface area contributed by atoms with E-state index in [0.717, 1.165) is 23.3 Å². The van der Waals surface area contributed by atoms with Crippen molar-refractivity contribution in [3.8, 4) is 0 Å². The average Bonchev–Trinajstić information content (AvgIpc) is 2.59. The molecule has 2 aromatic rings. The largest absolute Gasteiger partial charge is 0.342 e. The van der Waals surface area contributed by atoms with E-state index in [1.807, 2.05) is 32.0 Å². The van der Waals surface area contributed by atoms with E-state index < -0.39 is 0 Å². The number of rotatable bonds is 1. The Morgan fingerprint density at radius 3 is 2.31 bits per heavy atom. The molecule has 0 aliphatic carbocycles. The fourth-order valence-corrected chi connectivity index (χ4v) is 1.59. The standard InChI is InChI=1S/C12H16N2.C2H6/c1-12(2,3)8-11-13-9-6-4-5-7-10(9)14-11;1-2/h4-7H,8H2,1-3H3,(H,13,14);1-2H3. The van der Waals surface area contributed by atoms with Gasteiger partial charge in [-0.3, -0.25) is 0 Å². The first kappa shape index (κ1) is 12.8. The van der Waals surface area contributed by atoms with Crippen LogP contribution < -0.4 is 0 Å². The van der Waals surface area contributed by atoms with Crippen LogP contribution in [0.15, 0.2) is 24.3 Å². The Morgan fingerprint density at radius 2 is 1.75 bits per heavy atom. The van der Waals surface area contributed by atoms with Crippen molar-refractivity contribution in [2.45, 2.75) is 41.0 Å². The summed E-state index contributed by atoms with van der Waals surface area (Å²) >= 11 is 0. The van der Waals surface area contributed by atoms with Crippen molar-refractivity contribution in [3.63, 3.8) is 0 Å². The SMILES string of the molecule is CC.CC(C)(C)Cc1nc2ccccc2[nH]1. The van der Waals surface area contributed by atoms with Crippen molar-refractivity contribution in [3.05, 3.63) is 30.1 Å². The second-order valence-corrected chi connectivity index (χ2v) is 4.94. The summed E-state index contributed by atoms with van der Waals surface area (Å²) in [5.74, 6) is 1.08. The summed E-state index contributed by atoms with van der Waals surface area (Å²) < 4.78 is 0. The van der Waals surface area contributed by atoms with Gasteiger partial charge in [0.05, 0.1) is 11.0 Å². The second kappa shape index (κ2) is 5.15. The molecule has 1 N–H and O–H groups in total. The van der Waals surface area contributed by atoms with Gasteiger partial charge in [-0.05, 0) is 17.5 Å². The van der Waals surface area contributed by atoms with Crippen LogP contribution in [0.4, 0.5) is 0 Å². The normalized spacial score (nSPS) is 11.1. The maximum atomic E-state index is 4.54. The lowest BCUT2D eigenvalue weighted by atomic mass is 9.92. The van der Waals surface area contributed by atoms with Gasteiger partial charge in [0, 0.05) is 6.42 Å². The summed E-state index contributed by atoms with van der Waals surface area (Å²) in [6.45, 7) is 10.7. The Kier molecular flexibility index (Phi) is 4.11. The number of fused-ring (bicyclic) bond motifs is 1. The third-order valence-corrected chi connectivity index (χ3v) is 2.14. The third kappa shape index (κ3) is 3.37. The number of hydrogen-bond acceptors (Lipinski definition) is 1. The first-order chi connectivity index (χ1) is 7.54. The summed E-state index contributed by atoms with van der Waals surface area (Å²) in [5, 5.41) is 0. The highest BCUT2D eigenvalue weighted by Gasteiger charge is 2.13. The number of aromatic amines is 1. The highest BCUT2D eigenvalue weighted by molar-refractivity contribution is 5.74. The Bertz CT molecular complexity index is 402. The molecule has 2 nitrogen and oxygen atoms in total. The first-order valence-electron chi connectivity index (χ1n) is 5.98. The zero-order chi connectivity index (χ0) is 12.2. The molecule has 2 heteroatoms. The third-order valence-electron chi connectivity index (χ3n) is 2.14. The Balaban J connectivity index is 0.000000606. The molecule has 1 aromatic heterocycles. The minimum absolute atomic E-state index is 0.286. The summed E-state index contributed by atoms with van der Waals surface area (Å²) in [5.41, 5.74) is 2.48. The van der Waals surface area contributed by atoms with Crippen molar-refractivity contribution >= 4 is 11.0 Å². The van der Waals surface area contributed by atoms with Crippen LogP contribution in [0, 0.1) is 5.41 Å². The fraction of sp³-hybridized carbons (Fsp3) is 0.500. The van der Waals surface area contributed by atoms with Gasteiger partial charge >= 0.3 is 0 Å². The molecule has 0 atom stereocenters. The molecular weight excluding hydrogens is 196 g/mol. The molecule has 0 aliphatic heterocycles. The van der Waals surface area contributed by atoms with Crippen LogP contribution in [0.5, 0.6) is 0 Å². The minimum atomic E-state index is 0.286. The molecule has 16 heavy (non-hydrogen) atoms. The van der Waals surface area contributed by atoms with Crippen molar-refractivity contribution in [2.75, 3.05) is 0 Å². The molecule has 0 aliphatic rings. The molecule has 0 spiro atoms. The number of aromatic nitrogens is 2. The van der Waals surface area contributed by atoms with Crippen molar-refractivity contribution in [1.82, 2.24) is 9.97 Å². The van der Waals surface area contributed by atoms with Crippen LogP contribution in [0.3, 0.4) is 0 Å². The van der Waals surface area contributed by atoms with Gasteiger partial charge in [0.15, 0.2) is 0 Å². The van der Waals surface area contributed by atoms with Gasteiger partial charge in [0.1, 0.15) is 5.82 Å². The molecule has 0 bridgehead atoms. The lowest BCUT2D eigenvalue weighted by Gasteiger charge is -2.15. The molecular formula is C14H22N2. The van der Waals surface area contributed by atoms with E-state index in [1.54, 1.807) is 0 Å². The number of H-pyrrole nitrogens is 1. The summed E-state index contributed by atoms with van der Waals surface area (Å²) in [7, 11) is 0. The van der Waals surface area contributed by atoms with Crippen molar-refractivity contribution < 1.29 is 0 Å². The molecule has 2 rings (SSSR count). The van der Waals surface area contributed by atoms with Crippen LogP contribution in [-0.4, -0.2) is 9.97 Å². The smallest absolute Gasteiger partial charge is 0.107 e. The lowest BCUT2D eigenvalue weighted by Crippen LogP contribution is -2.10. The van der Waals surface area contributed by atoms with Crippen LogP contribution in [-0.2, 0) is 6.42 Å². The number of para-hydroxylation sites is 2. The number of nitrogens with zero attached hydrogens (tertiary/aromatic N) is 1. The van der Waals surface area contributed by atoms with E-state index in [4.69, 9.17) is 0 Å². The van der Waals surface area contributed by atoms with E-state index in [-0.39, 0.29) is 5.41 Å². The molecule has 1 aromatic carbocycles. The maximum absolute atomic E-state index is 4.54. The molecule has 0 saturated heterocycles. The highest BCUT2D eigenvalue weighted by atomic mass is 14.9. The lowest BCUT2D eigenvalue weighted by molar-refractivity contribution is 0.402. The van der Waals surface area contributed by atoms with Gasteiger partial charge in [-0.15, -0.1) is 0 Å². The zero-order valence-electron chi connectivity index (χ0n) is 11.0. The number of benzene rings is 1. The number of imidazole rings is 1. The quantitative estimate of drug-likeness (QED) is 0.764. The van der Waals surface area contributed by atoms with Gasteiger partial charge in [-0.1, -0.05) is 46.8 Å². The van der Waals surface area contributed by atoms with Crippen molar-refractivity contribution in [1.29, 1.82) is 0 Å². The monoisotopic (exact) mass is 218 g/mol. The molecule has 1 heterocycles. The molecule has 0 amide bonds. The summed E-state index contributed by atoms with van der Waals surface area (Å²) in [6.07, 6.45) is 0.988. The minimum Gasteiger partial charge on any atom is -0.342 e. The Morgan fingerprint density at radius 1 is 1.12 bits per heavy atom. The predicted molar refractivity (Wildman–Crippen MR) is 70.6 cm³/mol. The number of hydrogen-bond donors (Lipinski definition) is 1. The van der Waals surface area contributed by atoms with Gasteiger partial charge in [-0.2, -0.15) is 0 Å². The second-order valence-electron chi connectivity index (χ2n) is 4.94. The van der Waals surface area contributed by atoms with E-state index >= 15 is 0 Å². The average molecular weight is 218 g/mol. The van der Waals surface area contributed by atoms with E-state index in [2.05, 4.69) is 36.8 Å². The maximum Gasteiger partial charge on any atom is 0.107 e. The van der Waals surface area contributed by atoms with Crippen LogP contribution in [0.2, 0.25) is 0 Å². The molecule has 0 radical (unpaired) electrons. The Labute approximate surface area is 98.1 Å². The summed E-state index contributed by atoms with van der Waals surface area (Å²) in [4.78, 5) is 7.88. The van der Waals surface area contributed by atoms with Crippen LogP contribution >= 0.6 is 0 Å². The molecule has 0 fully saturated rings. The van der Waals surface area contributed by atoms with Gasteiger partial charge in [0.2, 0.25) is 0 Å². The molecule has 0 saturated carbocycles. The fourth-order valence-electron chi connectivity index (χ4n) is 1.59. The highest BCUT2D eigenvalue weighted by Crippen LogP contribution is 2.20. The van der Waals surface area contributed by atoms with E-state index in [9.17, 15) is 0 Å². The van der Waals surface area contributed by atoms with E-state index in [1.165, 1.54) is 0 Å². The molecule has 0 unspecified atom stereocenters. The first-order valence-corrected chi connectivity index (χ1v) is 5.98. The zero-order valence-corrected chi connectivity index (χ0v) is 11.0.